The fourth-order valence-electron chi connectivity index (χ4n) is 0.674. The Morgan fingerprint density at radius 2 is 1.31 bits per heavy atom. The molecule has 0 saturated heterocycles. The van der Waals surface area contributed by atoms with Gasteiger partial charge in [0.15, 0.2) is 0 Å². The molecule has 2 nitrogen and oxygen atoms in total. The third-order valence-corrected chi connectivity index (χ3v) is 1.72. The molecule has 0 aliphatic heterocycles. The van der Waals surface area contributed by atoms with E-state index >= 15 is 0 Å². The van der Waals surface area contributed by atoms with Gasteiger partial charge in [0.2, 0.25) is 12.3 Å². The lowest BCUT2D eigenvalue weighted by molar-refractivity contribution is -0.335. The summed E-state index contributed by atoms with van der Waals surface area (Å²) in [6.45, 7) is 4.60. The first-order chi connectivity index (χ1) is 6.95. The van der Waals surface area contributed by atoms with Crippen molar-refractivity contribution in [3.05, 3.63) is 12.2 Å². The summed E-state index contributed by atoms with van der Waals surface area (Å²) in [5, 5.41) is 7.89. The summed E-state index contributed by atoms with van der Waals surface area (Å²) in [6, 6.07) is 0. The number of halogens is 6. The summed E-state index contributed by atoms with van der Waals surface area (Å²) < 4.78 is 69.5. The number of hydrogen-bond acceptors (Lipinski definition) is 1. The Morgan fingerprint density at radius 3 is 1.38 bits per heavy atom. The van der Waals surface area contributed by atoms with Crippen LogP contribution >= 0.6 is 0 Å². The predicted molar refractivity (Wildman–Crippen MR) is 42.1 cm³/mol. The van der Waals surface area contributed by atoms with E-state index in [9.17, 15) is 31.1 Å². The van der Waals surface area contributed by atoms with E-state index in [1.165, 1.54) is 6.92 Å². The number of hydrogen-bond donors (Lipinski definition) is 1. The van der Waals surface area contributed by atoms with Crippen LogP contribution in [-0.2, 0) is 4.79 Å². The zero-order valence-electron chi connectivity index (χ0n) is 7.99. The van der Waals surface area contributed by atoms with Crippen LogP contribution in [-0.4, -0.2) is 35.3 Å². The van der Waals surface area contributed by atoms with Gasteiger partial charge in [-0.15, -0.1) is 0 Å². The van der Waals surface area contributed by atoms with Crippen molar-refractivity contribution < 1.29 is 36.2 Å². The third kappa shape index (κ3) is 2.48. The molecule has 8 heteroatoms. The van der Waals surface area contributed by atoms with Crippen molar-refractivity contribution >= 4 is 5.97 Å². The van der Waals surface area contributed by atoms with Gasteiger partial charge in [0, 0.05) is 5.57 Å². The van der Waals surface area contributed by atoms with Crippen LogP contribution in [0, 0.1) is 0 Å². The topological polar surface area (TPSA) is 37.3 Å². The molecule has 0 amide bonds. The highest BCUT2D eigenvalue weighted by Gasteiger charge is 2.79. The molecule has 1 aliphatic carbocycles. The molecule has 0 aromatic heterocycles. The van der Waals surface area contributed by atoms with Gasteiger partial charge in [-0.3, -0.25) is 0 Å². The number of carboxylic acids is 1. The minimum Gasteiger partial charge on any atom is -0.478 e. The average Bonchev–Trinajstić information content (AvgIpc) is 2.16. The van der Waals surface area contributed by atoms with Crippen LogP contribution in [0.15, 0.2) is 12.2 Å². The highest BCUT2D eigenvalue weighted by molar-refractivity contribution is 5.84. The number of aliphatic carboxylic acids is 1. The molecule has 1 saturated carbocycles. The first-order valence-corrected chi connectivity index (χ1v) is 3.88. The first kappa shape index (κ1) is 14.8. The normalized spacial score (nSPS) is 29.4. The third-order valence-electron chi connectivity index (χ3n) is 1.72. The highest BCUT2D eigenvalue weighted by atomic mass is 19.3. The lowest BCUT2D eigenvalue weighted by atomic mass is 9.85. The summed E-state index contributed by atoms with van der Waals surface area (Å²) >= 11 is 0. The van der Waals surface area contributed by atoms with Crippen LogP contribution in [0.1, 0.15) is 6.92 Å². The SMILES string of the molecule is C=C(C)C(=O)O.FC1C(F)(F)C(F)C1(F)F. The summed E-state index contributed by atoms with van der Waals surface area (Å²) in [5.74, 6) is -9.96. The minimum atomic E-state index is -4.51. The second-order valence-corrected chi connectivity index (χ2v) is 3.16. The van der Waals surface area contributed by atoms with Gasteiger partial charge < -0.3 is 5.11 Å². The summed E-state index contributed by atoms with van der Waals surface area (Å²) in [6.07, 6.45) is -7.34. The fraction of sp³-hybridized carbons (Fsp3) is 0.625. The van der Waals surface area contributed by atoms with E-state index in [1.807, 2.05) is 0 Å². The molecule has 0 spiro atoms. The van der Waals surface area contributed by atoms with Crippen molar-refractivity contribution in [1.82, 2.24) is 0 Å². The molecule has 1 aliphatic rings. The second-order valence-electron chi connectivity index (χ2n) is 3.16. The molecule has 1 fully saturated rings. The Kier molecular flexibility index (Phi) is 4.01. The monoisotopic (exact) mass is 250 g/mol. The lowest BCUT2D eigenvalue weighted by Crippen LogP contribution is -2.69. The molecule has 0 unspecified atom stereocenters. The summed E-state index contributed by atoms with van der Waals surface area (Å²) in [4.78, 5) is 9.60. The van der Waals surface area contributed by atoms with Crippen molar-refractivity contribution in [3.63, 3.8) is 0 Å². The molecule has 16 heavy (non-hydrogen) atoms. The Balaban J connectivity index is 0.000000325. The number of alkyl halides is 6. The maximum Gasteiger partial charge on any atom is 0.330 e. The van der Waals surface area contributed by atoms with Crippen molar-refractivity contribution in [2.45, 2.75) is 31.1 Å². The Morgan fingerprint density at radius 1 is 1.12 bits per heavy atom. The quantitative estimate of drug-likeness (QED) is 0.573. The predicted octanol–water partition coefficient (Wildman–Crippen LogP) is 2.59. The van der Waals surface area contributed by atoms with Gasteiger partial charge in [0.05, 0.1) is 0 Å². The zero-order valence-corrected chi connectivity index (χ0v) is 7.99. The van der Waals surface area contributed by atoms with Gasteiger partial charge >= 0.3 is 17.8 Å². The van der Waals surface area contributed by atoms with Crippen LogP contribution in [0.5, 0.6) is 0 Å². The van der Waals surface area contributed by atoms with E-state index in [4.69, 9.17) is 5.11 Å². The van der Waals surface area contributed by atoms with Crippen molar-refractivity contribution in [3.8, 4) is 0 Å². The van der Waals surface area contributed by atoms with E-state index in [-0.39, 0.29) is 5.57 Å². The van der Waals surface area contributed by atoms with Crippen LogP contribution in [0.4, 0.5) is 26.3 Å². The van der Waals surface area contributed by atoms with Crippen molar-refractivity contribution in [2.24, 2.45) is 0 Å². The van der Waals surface area contributed by atoms with Crippen LogP contribution in [0.25, 0.3) is 0 Å². The van der Waals surface area contributed by atoms with E-state index in [1.54, 1.807) is 0 Å². The van der Waals surface area contributed by atoms with Crippen molar-refractivity contribution in [2.75, 3.05) is 0 Å². The van der Waals surface area contributed by atoms with Gasteiger partial charge in [-0.25, -0.2) is 13.6 Å². The number of rotatable bonds is 1. The second kappa shape index (κ2) is 4.34. The standard InChI is InChI=1S/C4H2F6.C4H6O2/c5-1-3(7,8)2(6)4(1,9)10;1-3(2)4(5)6/h1-2H;1H2,2H3,(H,5,6). The maximum absolute atomic E-state index is 11.6. The smallest absolute Gasteiger partial charge is 0.330 e. The number of carbonyl (C=O) groups is 1. The summed E-state index contributed by atoms with van der Waals surface area (Å²) in [5.41, 5.74) is 0.176. The zero-order chi connectivity index (χ0) is 13.3. The molecule has 94 valence electrons. The first-order valence-electron chi connectivity index (χ1n) is 3.88. The fourth-order valence-corrected chi connectivity index (χ4v) is 0.674. The van der Waals surface area contributed by atoms with E-state index < -0.39 is 30.2 Å². The van der Waals surface area contributed by atoms with Crippen LogP contribution in [0.2, 0.25) is 0 Å². The maximum atomic E-state index is 11.6. The van der Waals surface area contributed by atoms with E-state index in [0.29, 0.717) is 0 Å². The minimum absolute atomic E-state index is 0.176. The van der Waals surface area contributed by atoms with Gasteiger partial charge in [-0.05, 0) is 6.92 Å². The van der Waals surface area contributed by atoms with Gasteiger partial charge in [-0.1, -0.05) is 6.58 Å². The Hall–Kier alpha value is -1.21. The molecule has 1 rings (SSSR count). The molecule has 0 aromatic carbocycles. The Bertz CT molecular complexity index is 259. The van der Waals surface area contributed by atoms with Crippen LogP contribution in [0.3, 0.4) is 0 Å². The molecular weight excluding hydrogens is 242 g/mol. The van der Waals surface area contributed by atoms with Crippen molar-refractivity contribution in [1.29, 1.82) is 0 Å². The summed E-state index contributed by atoms with van der Waals surface area (Å²) in [7, 11) is 0. The van der Waals surface area contributed by atoms with E-state index in [0.717, 1.165) is 0 Å². The van der Waals surface area contributed by atoms with E-state index in [2.05, 4.69) is 6.58 Å². The number of carboxylic acid groups (broad SMARTS) is 1. The molecule has 0 atom stereocenters. The van der Waals surface area contributed by atoms with Gasteiger partial charge in [0.25, 0.3) is 0 Å². The molecule has 0 heterocycles. The van der Waals surface area contributed by atoms with Gasteiger partial charge in [0.1, 0.15) is 0 Å². The highest BCUT2D eigenvalue weighted by Crippen LogP contribution is 2.53. The molecule has 0 aromatic rings. The molecule has 0 bridgehead atoms. The molecule has 0 radical (unpaired) electrons. The van der Waals surface area contributed by atoms with Gasteiger partial charge in [-0.2, -0.15) is 17.6 Å². The largest absolute Gasteiger partial charge is 0.478 e. The molecular formula is C8H8F6O2. The molecule has 1 N–H and O–H groups in total. The Labute approximate surface area is 86.6 Å². The average molecular weight is 250 g/mol. The lowest BCUT2D eigenvalue weighted by Gasteiger charge is -2.41. The van der Waals surface area contributed by atoms with Crippen LogP contribution < -0.4 is 0 Å².